The van der Waals surface area contributed by atoms with Crippen molar-refractivity contribution < 1.29 is 14.6 Å². The number of hydrogen-bond acceptors (Lipinski definition) is 5. The molecule has 7 heteroatoms. The molecule has 1 aliphatic heterocycles. The summed E-state index contributed by atoms with van der Waals surface area (Å²) < 4.78 is 5.31. The number of rotatable bonds is 5. The maximum atomic E-state index is 11.7. The Morgan fingerprint density at radius 2 is 2.10 bits per heavy atom. The van der Waals surface area contributed by atoms with E-state index in [-0.39, 0.29) is 18.3 Å². The lowest BCUT2D eigenvalue weighted by Gasteiger charge is -2.32. The summed E-state index contributed by atoms with van der Waals surface area (Å²) in [7, 11) is 0. The number of aromatic amines is 1. The van der Waals surface area contributed by atoms with Crippen LogP contribution in [0.5, 0.6) is 0 Å². The molecule has 0 amide bonds. The highest BCUT2D eigenvalue weighted by atomic mass is 16.5. The van der Waals surface area contributed by atoms with Gasteiger partial charge in [0.15, 0.2) is 0 Å². The van der Waals surface area contributed by atoms with Crippen molar-refractivity contribution in [1.29, 1.82) is 0 Å². The van der Waals surface area contributed by atoms with Gasteiger partial charge in [0.2, 0.25) is 0 Å². The zero-order valence-electron chi connectivity index (χ0n) is 11.7. The quantitative estimate of drug-likeness (QED) is 0.830. The Labute approximate surface area is 121 Å². The highest BCUT2D eigenvalue weighted by Crippen LogP contribution is 2.38. The van der Waals surface area contributed by atoms with Gasteiger partial charge in [-0.2, -0.15) is 0 Å². The Kier molecular flexibility index (Phi) is 3.92. The van der Waals surface area contributed by atoms with Gasteiger partial charge in [-0.3, -0.25) is 4.79 Å². The van der Waals surface area contributed by atoms with Crippen molar-refractivity contribution in [3.8, 4) is 0 Å². The second kappa shape index (κ2) is 5.85. The second-order valence-electron chi connectivity index (χ2n) is 5.65. The third-order valence-electron chi connectivity index (χ3n) is 3.92. The summed E-state index contributed by atoms with van der Waals surface area (Å²) in [5, 5.41) is 8.61. The Balaban J connectivity index is 1.61. The molecular weight excluding hydrogens is 274 g/mol. The van der Waals surface area contributed by atoms with E-state index >= 15 is 0 Å². The Hall–Kier alpha value is -1.89. The number of carboxylic acid groups (broad SMARTS) is 1. The molecule has 1 saturated heterocycles. The van der Waals surface area contributed by atoms with Crippen LogP contribution in [0.15, 0.2) is 10.9 Å². The van der Waals surface area contributed by atoms with Crippen molar-refractivity contribution >= 4 is 11.8 Å². The van der Waals surface area contributed by atoms with Crippen molar-refractivity contribution in [2.24, 2.45) is 0 Å². The molecule has 0 atom stereocenters. The molecule has 2 aliphatic rings. The molecule has 0 bridgehead atoms. The van der Waals surface area contributed by atoms with E-state index in [2.05, 4.69) is 14.9 Å². The van der Waals surface area contributed by atoms with E-state index in [1.165, 1.54) is 6.07 Å². The van der Waals surface area contributed by atoms with Crippen molar-refractivity contribution in [2.45, 2.75) is 37.7 Å². The lowest BCUT2D eigenvalue weighted by Crippen LogP contribution is -2.38. The number of aromatic nitrogens is 2. The molecular formula is C14H19N3O4. The summed E-state index contributed by atoms with van der Waals surface area (Å²) in [5.41, 5.74) is -0.105. The molecule has 1 aliphatic carbocycles. The van der Waals surface area contributed by atoms with Gasteiger partial charge < -0.3 is 19.7 Å². The molecule has 2 fully saturated rings. The average Bonchev–Trinajstić information content (AvgIpc) is 3.29. The van der Waals surface area contributed by atoms with Gasteiger partial charge in [-0.15, -0.1) is 0 Å². The van der Waals surface area contributed by atoms with Crippen molar-refractivity contribution in [2.75, 3.05) is 24.6 Å². The highest BCUT2D eigenvalue weighted by molar-refractivity contribution is 5.68. The van der Waals surface area contributed by atoms with Crippen LogP contribution in [0.3, 0.4) is 0 Å². The van der Waals surface area contributed by atoms with E-state index in [0.29, 0.717) is 5.92 Å². The summed E-state index contributed by atoms with van der Waals surface area (Å²) in [5.74, 6) is 0.982. The fourth-order valence-corrected chi connectivity index (χ4v) is 2.62. The van der Waals surface area contributed by atoms with Crippen LogP contribution in [0.4, 0.5) is 5.82 Å². The number of hydrogen-bond donors (Lipinski definition) is 2. The number of carboxylic acids is 1. The van der Waals surface area contributed by atoms with Gasteiger partial charge in [0.1, 0.15) is 18.2 Å². The lowest BCUT2D eigenvalue weighted by atomic mass is 10.1. The highest BCUT2D eigenvalue weighted by Gasteiger charge is 2.28. The maximum Gasteiger partial charge on any atom is 0.329 e. The van der Waals surface area contributed by atoms with Crippen molar-refractivity contribution in [3.05, 3.63) is 22.2 Å². The van der Waals surface area contributed by atoms with Crippen molar-refractivity contribution in [3.63, 3.8) is 0 Å². The number of nitrogens with zero attached hydrogens (tertiary/aromatic N) is 2. The average molecular weight is 293 g/mol. The molecule has 7 nitrogen and oxygen atoms in total. The largest absolute Gasteiger partial charge is 0.480 e. The zero-order valence-corrected chi connectivity index (χ0v) is 11.7. The van der Waals surface area contributed by atoms with Crippen LogP contribution in [0.1, 0.15) is 37.4 Å². The van der Waals surface area contributed by atoms with Gasteiger partial charge in [-0.05, 0) is 25.7 Å². The second-order valence-corrected chi connectivity index (χ2v) is 5.65. The van der Waals surface area contributed by atoms with Gasteiger partial charge in [-0.25, -0.2) is 9.78 Å². The first-order valence-corrected chi connectivity index (χ1v) is 7.31. The normalized spacial score (nSPS) is 19.7. The minimum Gasteiger partial charge on any atom is -0.480 e. The topological polar surface area (TPSA) is 95.5 Å². The molecule has 1 aromatic heterocycles. The number of ether oxygens (including phenoxy) is 1. The number of aliphatic carboxylic acids is 1. The first-order chi connectivity index (χ1) is 10.1. The molecule has 21 heavy (non-hydrogen) atoms. The van der Waals surface area contributed by atoms with Crippen LogP contribution in [0.2, 0.25) is 0 Å². The van der Waals surface area contributed by atoms with E-state index in [1.54, 1.807) is 0 Å². The first kappa shape index (κ1) is 14.1. The fraction of sp³-hybridized carbons (Fsp3) is 0.643. The van der Waals surface area contributed by atoms with Crippen LogP contribution in [0, 0.1) is 0 Å². The van der Waals surface area contributed by atoms with E-state index in [0.717, 1.165) is 50.4 Å². The number of anilines is 1. The third kappa shape index (κ3) is 3.60. The Morgan fingerprint density at radius 3 is 2.71 bits per heavy atom. The molecule has 114 valence electrons. The summed E-state index contributed by atoms with van der Waals surface area (Å²) in [6, 6.07) is 1.53. The van der Waals surface area contributed by atoms with Gasteiger partial charge in [-0.1, -0.05) is 0 Å². The molecule has 1 aromatic rings. The van der Waals surface area contributed by atoms with Crippen LogP contribution in [0.25, 0.3) is 0 Å². The minimum atomic E-state index is -0.942. The van der Waals surface area contributed by atoms with Crippen LogP contribution in [-0.2, 0) is 9.53 Å². The standard InChI is InChI=1S/C14H19N3O4/c18-12-7-11(15-14(16-12)9-1-2-9)17-5-3-10(4-6-17)21-8-13(19)20/h7,9-10H,1-6,8H2,(H,19,20)(H,15,16,18). The smallest absolute Gasteiger partial charge is 0.329 e. The molecule has 0 unspecified atom stereocenters. The molecule has 1 saturated carbocycles. The summed E-state index contributed by atoms with van der Waals surface area (Å²) in [6.07, 6.45) is 3.66. The van der Waals surface area contributed by atoms with Crippen LogP contribution < -0.4 is 10.5 Å². The van der Waals surface area contributed by atoms with Gasteiger partial charge in [0, 0.05) is 25.1 Å². The van der Waals surface area contributed by atoms with E-state index in [1.807, 2.05) is 0 Å². The predicted octanol–water partition coefficient (Wildman–Crippen LogP) is 0.717. The zero-order chi connectivity index (χ0) is 14.8. The lowest BCUT2D eigenvalue weighted by molar-refractivity contribution is -0.144. The number of piperidine rings is 1. The summed E-state index contributed by atoms with van der Waals surface area (Å²) >= 11 is 0. The molecule has 0 spiro atoms. The number of H-pyrrole nitrogens is 1. The molecule has 0 aromatic carbocycles. The maximum absolute atomic E-state index is 11.7. The monoisotopic (exact) mass is 293 g/mol. The van der Waals surface area contributed by atoms with Crippen molar-refractivity contribution in [1.82, 2.24) is 9.97 Å². The first-order valence-electron chi connectivity index (χ1n) is 7.31. The summed E-state index contributed by atoms with van der Waals surface area (Å²) in [4.78, 5) is 31.6. The minimum absolute atomic E-state index is 0.0257. The SMILES string of the molecule is O=C(O)COC1CCN(c2cc(=O)[nH]c(C3CC3)n2)CC1. The number of carbonyl (C=O) groups is 1. The van der Waals surface area contributed by atoms with Gasteiger partial charge in [0.05, 0.1) is 6.10 Å². The van der Waals surface area contributed by atoms with E-state index < -0.39 is 5.97 Å². The molecule has 2 N–H and O–H groups in total. The van der Waals surface area contributed by atoms with Gasteiger partial charge >= 0.3 is 5.97 Å². The summed E-state index contributed by atoms with van der Waals surface area (Å²) in [6.45, 7) is 1.20. The Morgan fingerprint density at radius 1 is 1.38 bits per heavy atom. The number of nitrogens with one attached hydrogen (secondary N) is 1. The third-order valence-corrected chi connectivity index (χ3v) is 3.92. The predicted molar refractivity (Wildman–Crippen MR) is 75.7 cm³/mol. The molecule has 0 radical (unpaired) electrons. The van der Waals surface area contributed by atoms with E-state index in [9.17, 15) is 9.59 Å². The Bertz CT molecular complexity index is 574. The fourth-order valence-electron chi connectivity index (χ4n) is 2.62. The van der Waals surface area contributed by atoms with E-state index in [4.69, 9.17) is 9.84 Å². The van der Waals surface area contributed by atoms with Crippen LogP contribution in [-0.4, -0.2) is 46.8 Å². The van der Waals surface area contributed by atoms with Crippen LogP contribution >= 0.6 is 0 Å². The molecule has 2 heterocycles. The van der Waals surface area contributed by atoms with Gasteiger partial charge in [0.25, 0.3) is 5.56 Å². The molecule has 3 rings (SSSR count).